The SMILES string of the molecule is Cc1ccc(-c2cnc(CCC(=O)OCC(=O)Nc3cccc(F)c3)o2)cc1. The first-order valence-electron chi connectivity index (χ1n) is 8.72. The average molecular weight is 382 g/mol. The minimum Gasteiger partial charge on any atom is -0.456 e. The summed E-state index contributed by atoms with van der Waals surface area (Å²) in [4.78, 5) is 27.7. The number of hydrogen-bond donors (Lipinski definition) is 1. The molecule has 2 aromatic carbocycles. The van der Waals surface area contributed by atoms with Gasteiger partial charge in [0.15, 0.2) is 18.3 Å². The van der Waals surface area contributed by atoms with Crippen LogP contribution in [0.2, 0.25) is 0 Å². The molecule has 6 nitrogen and oxygen atoms in total. The van der Waals surface area contributed by atoms with Crippen molar-refractivity contribution >= 4 is 17.6 Å². The predicted molar refractivity (Wildman–Crippen MR) is 101 cm³/mol. The van der Waals surface area contributed by atoms with E-state index in [9.17, 15) is 14.0 Å². The third kappa shape index (κ3) is 5.51. The monoisotopic (exact) mass is 382 g/mol. The number of amides is 1. The molecule has 0 unspecified atom stereocenters. The number of nitrogens with zero attached hydrogens (tertiary/aromatic N) is 1. The number of benzene rings is 2. The van der Waals surface area contributed by atoms with E-state index in [4.69, 9.17) is 9.15 Å². The van der Waals surface area contributed by atoms with Gasteiger partial charge in [-0.15, -0.1) is 0 Å². The summed E-state index contributed by atoms with van der Waals surface area (Å²) >= 11 is 0. The molecule has 1 heterocycles. The molecule has 0 fully saturated rings. The van der Waals surface area contributed by atoms with Crippen molar-refractivity contribution in [2.75, 3.05) is 11.9 Å². The molecule has 0 bridgehead atoms. The van der Waals surface area contributed by atoms with Gasteiger partial charge in [-0.25, -0.2) is 9.37 Å². The number of ether oxygens (including phenoxy) is 1. The van der Waals surface area contributed by atoms with Crippen molar-refractivity contribution in [2.45, 2.75) is 19.8 Å². The Morgan fingerprint density at radius 3 is 2.71 bits per heavy atom. The molecule has 1 aromatic heterocycles. The van der Waals surface area contributed by atoms with Gasteiger partial charge in [-0.2, -0.15) is 0 Å². The fourth-order valence-electron chi connectivity index (χ4n) is 2.47. The number of rotatable bonds is 7. The average Bonchev–Trinajstić information content (AvgIpc) is 3.14. The summed E-state index contributed by atoms with van der Waals surface area (Å²) in [6.45, 7) is 1.55. The van der Waals surface area contributed by atoms with Crippen LogP contribution in [0.3, 0.4) is 0 Å². The van der Waals surface area contributed by atoms with Crippen LogP contribution in [0.5, 0.6) is 0 Å². The van der Waals surface area contributed by atoms with E-state index in [-0.39, 0.29) is 12.8 Å². The Bertz CT molecular complexity index is 967. The largest absolute Gasteiger partial charge is 0.456 e. The number of hydrogen-bond acceptors (Lipinski definition) is 5. The molecule has 144 valence electrons. The maximum Gasteiger partial charge on any atom is 0.306 e. The summed E-state index contributed by atoms with van der Waals surface area (Å²) in [5.41, 5.74) is 2.35. The van der Waals surface area contributed by atoms with Crippen LogP contribution in [0.4, 0.5) is 10.1 Å². The van der Waals surface area contributed by atoms with Gasteiger partial charge in [-0.3, -0.25) is 9.59 Å². The first-order valence-corrected chi connectivity index (χ1v) is 8.72. The summed E-state index contributed by atoms with van der Waals surface area (Å²) in [6, 6.07) is 13.3. The maximum absolute atomic E-state index is 13.1. The van der Waals surface area contributed by atoms with Crippen LogP contribution in [0, 0.1) is 12.7 Å². The Morgan fingerprint density at radius 1 is 1.18 bits per heavy atom. The number of halogens is 1. The standard InChI is InChI=1S/C21H19FN2O4/c1-14-5-7-15(8-6-14)18-12-23-20(28-18)9-10-21(26)27-13-19(25)24-17-4-2-3-16(22)11-17/h2-8,11-12H,9-10,13H2,1H3,(H,24,25). The van der Waals surface area contributed by atoms with Crippen LogP contribution in [0.15, 0.2) is 59.1 Å². The molecule has 0 saturated heterocycles. The summed E-state index contributed by atoms with van der Waals surface area (Å²) in [7, 11) is 0. The van der Waals surface area contributed by atoms with E-state index in [0.717, 1.165) is 11.1 Å². The van der Waals surface area contributed by atoms with Crippen molar-refractivity contribution in [3.8, 4) is 11.3 Å². The molecule has 0 aliphatic carbocycles. The van der Waals surface area contributed by atoms with Gasteiger partial charge < -0.3 is 14.5 Å². The lowest BCUT2D eigenvalue weighted by Crippen LogP contribution is -2.21. The van der Waals surface area contributed by atoms with E-state index >= 15 is 0 Å². The number of anilines is 1. The van der Waals surface area contributed by atoms with Crippen molar-refractivity contribution in [3.05, 3.63) is 72.0 Å². The molecule has 0 spiro atoms. The second kappa shape index (κ2) is 8.94. The van der Waals surface area contributed by atoms with Gasteiger partial charge in [0.2, 0.25) is 0 Å². The lowest BCUT2D eigenvalue weighted by Gasteiger charge is -2.06. The summed E-state index contributed by atoms with van der Waals surface area (Å²) in [5.74, 6) is -0.526. The van der Waals surface area contributed by atoms with E-state index in [1.165, 1.54) is 24.3 Å². The molecule has 0 aliphatic rings. The maximum atomic E-state index is 13.1. The molecular weight excluding hydrogens is 363 g/mol. The smallest absolute Gasteiger partial charge is 0.306 e. The number of esters is 1. The van der Waals surface area contributed by atoms with Gasteiger partial charge in [0, 0.05) is 17.7 Å². The van der Waals surface area contributed by atoms with Gasteiger partial charge in [0.05, 0.1) is 12.6 Å². The molecule has 0 aliphatic heterocycles. The molecule has 0 saturated carbocycles. The highest BCUT2D eigenvalue weighted by molar-refractivity contribution is 5.92. The Labute approximate surface area is 161 Å². The minimum atomic E-state index is -0.551. The lowest BCUT2D eigenvalue weighted by atomic mass is 10.1. The third-order valence-corrected chi connectivity index (χ3v) is 3.91. The van der Waals surface area contributed by atoms with Crippen molar-refractivity contribution in [2.24, 2.45) is 0 Å². The topological polar surface area (TPSA) is 81.4 Å². The number of aryl methyl sites for hydroxylation is 2. The Balaban J connectivity index is 1.43. The van der Waals surface area contributed by atoms with E-state index in [1.54, 1.807) is 6.20 Å². The molecule has 3 aromatic rings. The highest BCUT2D eigenvalue weighted by atomic mass is 19.1. The fraction of sp³-hybridized carbons (Fsp3) is 0.190. The van der Waals surface area contributed by atoms with E-state index in [0.29, 0.717) is 17.3 Å². The summed E-state index contributed by atoms with van der Waals surface area (Å²) in [5, 5.41) is 2.45. The fourth-order valence-corrected chi connectivity index (χ4v) is 2.47. The Kier molecular flexibility index (Phi) is 6.16. The zero-order chi connectivity index (χ0) is 19.9. The van der Waals surface area contributed by atoms with Gasteiger partial charge in [-0.1, -0.05) is 35.9 Å². The molecule has 3 rings (SSSR count). The van der Waals surface area contributed by atoms with E-state index < -0.39 is 24.3 Å². The molecule has 1 N–H and O–H groups in total. The highest BCUT2D eigenvalue weighted by Crippen LogP contribution is 2.21. The van der Waals surface area contributed by atoms with Crippen molar-refractivity contribution in [1.82, 2.24) is 4.98 Å². The van der Waals surface area contributed by atoms with Crippen LogP contribution < -0.4 is 5.32 Å². The van der Waals surface area contributed by atoms with Crippen LogP contribution in [-0.2, 0) is 20.7 Å². The van der Waals surface area contributed by atoms with Crippen LogP contribution in [0.1, 0.15) is 17.9 Å². The number of aromatic nitrogens is 1. The van der Waals surface area contributed by atoms with Crippen LogP contribution >= 0.6 is 0 Å². The molecule has 1 amide bonds. The van der Waals surface area contributed by atoms with E-state index in [2.05, 4.69) is 10.3 Å². The van der Waals surface area contributed by atoms with E-state index in [1.807, 2.05) is 31.2 Å². The summed E-state index contributed by atoms with van der Waals surface area (Å²) < 4.78 is 23.6. The van der Waals surface area contributed by atoms with Crippen molar-refractivity contribution in [3.63, 3.8) is 0 Å². The molecule has 28 heavy (non-hydrogen) atoms. The first-order chi connectivity index (χ1) is 13.5. The first kappa shape index (κ1) is 19.3. The lowest BCUT2D eigenvalue weighted by molar-refractivity contribution is -0.147. The number of oxazole rings is 1. The van der Waals surface area contributed by atoms with Crippen molar-refractivity contribution in [1.29, 1.82) is 0 Å². The number of carbonyl (C=O) groups is 2. The van der Waals surface area contributed by atoms with Crippen LogP contribution in [-0.4, -0.2) is 23.5 Å². The number of carbonyl (C=O) groups excluding carboxylic acids is 2. The third-order valence-electron chi connectivity index (χ3n) is 3.91. The highest BCUT2D eigenvalue weighted by Gasteiger charge is 2.12. The van der Waals surface area contributed by atoms with Gasteiger partial charge in [-0.05, 0) is 25.1 Å². The second-order valence-corrected chi connectivity index (χ2v) is 6.20. The quantitative estimate of drug-likeness (QED) is 0.627. The van der Waals surface area contributed by atoms with Gasteiger partial charge in [0.25, 0.3) is 5.91 Å². The zero-order valence-electron chi connectivity index (χ0n) is 15.3. The normalized spacial score (nSPS) is 10.5. The molecule has 0 atom stereocenters. The zero-order valence-corrected chi connectivity index (χ0v) is 15.3. The summed E-state index contributed by atoms with van der Waals surface area (Å²) in [6.07, 6.45) is 1.90. The second-order valence-electron chi connectivity index (χ2n) is 6.20. The molecule has 0 radical (unpaired) electrons. The van der Waals surface area contributed by atoms with Gasteiger partial charge >= 0.3 is 5.97 Å². The van der Waals surface area contributed by atoms with Crippen molar-refractivity contribution < 1.29 is 23.1 Å². The molecule has 7 heteroatoms. The van der Waals surface area contributed by atoms with Crippen LogP contribution in [0.25, 0.3) is 11.3 Å². The number of nitrogens with one attached hydrogen (secondary N) is 1. The predicted octanol–water partition coefficient (Wildman–Crippen LogP) is 3.90. The Morgan fingerprint density at radius 2 is 1.96 bits per heavy atom. The molecular formula is C21H19FN2O4. The Hall–Kier alpha value is -3.48. The van der Waals surface area contributed by atoms with Gasteiger partial charge in [0.1, 0.15) is 5.82 Å². The minimum absolute atomic E-state index is 0.0289.